The van der Waals surface area contributed by atoms with E-state index in [1.165, 1.54) is 37.2 Å². The van der Waals surface area contributed by atoms with Gasteiger partial charge in [0.1, 0.15) is 0 Å². The van der Waals surface area contributed by atoms with E-state index in [4.69, 9.17) is 0 Å². The Kier molecular flexibility index (Phi) is 2.97. The zero-order chi connectivity index (χ0) is 8.39. The molecule has 0 amide bonds. The molecule has 1 aliphatic carbocycles. The molecule has 1 N–H and O–H groups in total. The third-order valence-corrected chi connectivity index (χ3v) is 4.22. The monoisotopic (exact) mass is 185 g/mol. The summed E-state index contributed by atoms with van der Waals surface area (Å²) >= 11 is 2.12. The molecule has 1 atom stereocenters. The lowest BCUT2D eigenvalue weighted by Gasteiger charge is -2.37. The van der Waals surface area contributed by atoms with Crippen LogP contribution in [0.3, 0.4) is 0 Å². The summed E-state index contributed by atoms with van der Waals surface area (Å²) < 4.78 is 0. The molecule has 0 aromatic heterocycles. The first-order valence-corrected chi connectivity index (χ1v) is 6.34. The van der Waals surface area contributed by atoms with E-state index in [1.54, 1.807) is 0 Å². The maximum atomic E-state index is 3.76. The lowest BCUT2D eigenvalue weighted by molar-refractivity contribution is 0.223. The van der Waals surface area contributed by atoms with E-state index < -0.39 is 0 Å². The topological polar surface area (TPSA) is 12.0 Å². The van der Waals surface area contributed by atoms with Crippen molar-refractivity contribution in [1.29, 1.82) is 0 Å². The van der Waals surface area contributed by atoms with Gasteiger partial charge in [0.05, 0.1) is 0 Å². The van der Waals surface area contributed by atoms with Crippen molar-refractivity contribution < 1.29 is 0 Å². The Balaban J connectivity index is 1.65. The molecule has 0 spiro atoms. The average molecular weight is 185 g/mol. The Bertz CT molecular complexity index is 137. The first kappa shape index (κ1) is 8.89. The molecule has 2 rings (SSSR count). The van der Waals surface area contributed by atoms with Gasteiger partial charge in [0.25, 0.3) is 0 Å². The van der Waals surface area contributed by atoms with Gasteiger partial charge in [0, 0.05) is 17.8 Å². The van der Waals surface area contributed by atoms with Crippen molar-refractivity contribution >= 4 is 11.8 Å². The molecule has 1 unspecified atom stereocenters. The van der Waals surface area contributed by atoms with Crippen LogP contribution < -0.4 is 5.32 Å². The molecule has 0 aromatic carbocycles. The molecule has 2 aliphatic rings. The molecule has 0 aromatic rings. The number of hydrogen-bond donors (Lipinski definition) is 1. The Morgan fingerprint density at radius 1 is 1.25 bits per heavy atom. The van der Waals surface area contributed by atoms with Crippen LogP contribution >= 0.6 is 11.8 Å². The largest absolute Gasteiger partial charge is 0.310 e. The quantitative estimate of drug-likeness (QED) is 0.708. The van der Waals surface area contributed by atoms with Crippen LogP contribution in [0.2, 0.25) is 0 Å². The predicted molar refractivity (Wildman–Crippen MR) is 55.7 cm³/mol. The van der Waals surface area contributed by atoms with Gasteiger partial charge >= 0.3 is 0 Å². The van der Waals surface area contributed by atoms with Gasteiger partial charge in [-0.05, 0) is 37.4 Å². The van der Waals surface area contributed by atoms with E-state index in [1.807, 2.05) is 0 Å². The highest BCUT2D eigenvalue weighted by molar-refractivity contribution is 7.99. The Morgan fingerprint density at radius 3 is 2.67 bits per heavy atom. The molecule has 70 valence electrons. The molecule has 1 saturated carbocycles. The van der Waals surface area contributed by atoms with Crippen molar-refractivity contribution in [1.82, 2.24) is 5.32 Å². The molecular weight excluding hydrogens is 166 g/mol. The van der Waals surface area contributed by atoms with E-state index in [-0.39, 0.29) is 0 Å². The molecule has 1 nitrogen and oxygen atoms in total. The average Bonchev–Trinajstić information content (AvgIpc) is 2.04. The second kappa shape index (κ2) is 4.01. The van der Waals surface area contributed by atoms with Crippen LogP contribution in [0.5, 0.6) is 0 Å². The van der Waals surface area contributed by atoms with Gasteiger partial charge in [-0.3, -0.25) is 0 Å². The SMILES string of the molecule is CC1CC(NC2CCCSC2)C1. The zero-order valence-electron chi connectivity index (χ0n) is 7.88. The summed E-state index contributed by atoms with van der Waals surface area (Å²) in [6.07, 6.45) is 5.67. The molecule has 0 bridgehead atoms. The summed E-state index contributed by atoms with van der Waals surface area (Å²) in [6, 6.07) is 1.70. The zero-order valence-corrected chi connectivity index (χ0v) is 8.70. The predicted octanol–water partition coefficient (Wildman–Crippen LogP) is 2.27. The maximum absolute atomic E-state index is 3.76. The van der Waals surface area contributed by atoms with E-state index in [2.05, 4.69) is 24.0 Å². The van der Waals surface area contributed by atoms with Crippen LogP contribution in [0.25, 0.3) is 0 Å². The molecule has 12 heavy (non-hydrogen) atoms. The Hall–Kier alpha value is 0.310. The maximum Gasteiger partial charge on any atom is 0.0161 e. The minimum Gasteiger partial charge on any atom is -0.310 e. The van der Waals surface area contributed by atoms with Crippen LogP contribution in [0.15, 0.2) is 0 Å². The number of rotatable bonds is 2. The van der Waals surface area contributed by atoms with Crippen LogP contribution in [-0.2, 0) is 0 Å². The second-order valence-corrected chi connectivity index (χ2v) is 5.50. The summed E-state index contributed by atoms with van der Waals surface area (Å²) in [7, 11) is 0. The summed E-state index contributed by atoms with van der Waals surface area (Å²) in [5.41, 5.74) is 0. The normalized spacial score (nSPS) is 42.2. The Morgan fingerprint density at radius 2 is 2.08 bits per heavy atom. The van der Waals surface area contributed by atoms with Gasteiger partial charge < -0.3 is 5.32 Å². The summed E-state index contributed by atoms with van der Waals surface area (Å²) in [4.78, 5) is 0. The van der Waals surface area contributed by atoms with Crippen LogP contribution in [0.4, 0.5) is 0 Å². The molecule has 2 heteroatoms. The van der Waals surface area contributed by atoms with E-state index in [0.29, 0.717) is 0 Å². The van der Waals surface area contributed by atoms with Crippen LogP contribution in [-0.4, -0.2) is 23.6 Å². The second-order valence-electron chi connectivity index (χ2n) is 4.35. The van der Waals surface area contributed by atoms with Gasteiger partial charge in [0.2, 0.25) is 0 Å². The van der Waals surface area contributed by atoms with Crippen molar-refractivity contribution in [2.24, 2.45) is 5.92 Å². The lowest BCUT2D eigenvalue weighted by Crippen LogP contribution is -2.47. The van der Waals surface area contributed by atoms with E-state index in [0.717, 1.165) is 18.0 Å². The smallest absolute Gasteiger partial charge is 0.0161 e. The minimum absolute atomic E-state index is 0.834. The van der Waals surface area contributed by atoms with Gasteiger partial charge in [-0.1, -0.05) is 6.92 Å². The highest BCUT2D eigenvalue weighted by Crippen LogP contribution is 2.28. The fraction of sp³-hybridized carbons (Fsp3) is 1.00. The van der Waals surface area contributed by atoms with Crippen molar-refractivity contribution in [3.05, 3.63) is 0 Å². The number of nitrogens with one attached hydrogen (secondary N) is 1. The molecule has 1 aliphatic heterocycles. The molecule has 1 heterocycles. The number of thioether (sulfide) groups is 1. The third-order valence-electron chi connectivity index (χ3n) is 3.01. The van der Waals surface area contributed by atoms with Gasteiger partial charge in [-0.2, -0.15) is 11.8 Å². The van der Waals surface area contributed by atoms with Crippen LogP contribution in [0, 0.1) is 5.92 Å². The van der Waals surface area contributed by atoms with Crippen LogP contribution in [0.1, 0.15) is 32.6 Å². The van der Waals surface area contributed by atoms with Gasteiger partial charge in [-0.15, -0.1) is 0 Å². The summed E-state index contributed by atoms with van der Waals surface area (Å²) in [5.74, 6) is 3.73. The first-order chi connectivity index (χ1) is 5.84. The fourth-order valence-corrected chi connectivity index (χ4v) is 3.33. The van der Waals surface area contributed by atoms with E-state index >= 15 is 0 Å². The highest BCUT2D eigenvalue weighted by atomic mass is 32.2. The van der Waals surface area contributed by atoms with Crippen molar-refractivity contribution in [2.75, 3.05) is 11.5 Å². The molecule has 0 radical (unpaired) electrons. The van der Waals surface area contributed by atoms with Crippen molar-refractivity contribution in [3.63, 3.8) is 0 Å². The molecular formula is C10H19NS. The standard InChI is InChI=1S/C10H19NS/c1-8-5-10(6-8)11-9-3-2-4-12-7-9/h8-11H,2-7H2,1H3. The third kappa shape index (κ3) is 2.17. The molecule has 2 fully saturated rings. The van der Waals surface area contributed by atoms with Crippen molar-refractivity contribution in [3.8, 4) is 0 Å². The summed E-state index contributed by atoms with van der Waals surface area (Å²) in [5, 5.41) is 3.76. The van der Waals surface area contributed by atoms with E-state index in [9.17, 15) is 0 Å². The highest BCUT2D eigenvalue weighted by Gasteiger charge is 2.27. The summed E-state index contributed by atoms with van der Waals surface area (Å²) in [6.45, 7) is 2.35. The van der Waals surface area contributed by atoms with Crippen molar-refractivity contribution in [2.45, 2.75) is 44.7 Å². The lowest BCUT2D eigenvalue weighted by atomic mass is 9.81. The first-order valence-electron chi connectivity index (χ1n) is 5.18. The van der Waals surface area contributed by atoms with Gasteiger partial charge in [0.15, 0.2) is 0 Å². The Labute approximate surface area is 79.7 Å². The van der Waals surface area contributed by atoms with Gasteiger partial charge in [-0.25, -0.2) is 0 Å². The molecule has 1 saturated heterocycles. The number of hydrogen-bond acceptors (Lipinski definition) is 2. The fourth-order valence-electron chi connectivity index (χ4n) is 2.24. The minimum atomic E-state index is 0.834.